The molecule has 37 heavy (non-hydrogen) atoms. The van der Waals surface area contributed by atoms with Gasteiger partial charge in [-0.05, 0) is 61.2 Å². The second-order valence-corrected chi connectivity index (χ2v) is 9.64. The lowest BCUT2D eigenvalue weighted by molar-refractivity contribution is -0.132. The first-order chi connectivity index (χ1) is 18.0. The maximum Gasteiger partial charge on any atom is 0.274 e. The summed E-state index contributed by atoms with van der Waals surface area (Å²) >= 11 is 1.31. The number of pyridine rings is 1. The van der Waals surface area contributed by atoms with Gasteiger partial charge in [-0.25, -0.2) is 15.0 Å². The highest BCUT2D eigenvalue weighted by molar-refractivity contribution is 7.14. The second kappa shape index (κ2) is 11.3. The SMILES string of the molecule is O=C(Nc1nc(/C=C/c2cn(CC(=O)N3CCCCC3)cn2)cs1)c1cccn1Cc1ccnc(F)c1. The normalized spacial score (nSPS) is 13.8. The maximum atomic E-state index is 13.4. The fourth-order valence-electron chi connectivity index (χ4n) is 4.20. The zero-order chi connectivity index (χ0) is 25.6. The van der Waals surface area contributed by atoms with Crippen LogP contribution in [0, 0.1) is 5.95 Å². The number of imidazole rings is 1. The van der Waals surface area contributed by atoms with Gasteiger partial charge in [0.25, 0.3) is 5.91 Å². The number of hydrogen-bond donors (Lipinski definition) is 1. The number of aromatic nitrogens is 5. The van der Waals surface area contributed by atoms with Gasteiger partial charge in [-0.2, -0.15) is 4.39 Å². The number of rotatable bonds is 8. The number of halogens is 1. The highest BCUT2D eigenvalue weighted by atomic mass is 32.1. The van der Waals surface area contributed by atoms with E-state index in [2.05, 4.69) is 20.3 Å². The zero-order valence-corrected chi connectivity index (χ0v) is 20.9. The van der Waals surface area contributed by atoms with Gasteiger partial charge >= 0.3 is 0 Å². The van der Waals surface area contributed by atoms with Crippen molar-refractivity contribution >= 4 is 40.4 Å². The second-order valence-electron chi connectivity index (χ2n) is 8.79. The molecule has 4 aromatic rings. The quantitative estimate of drug-likeness (QED) is 0.353. The van der Waals surface area contributed by atoms with Crippen LogP contribution in [0.25, 0.3) is 12.2 Å². The zero-order valence-electron chi connectivity index (χ0n) is 20.1. The predicted octanol–water partition coefficient (Wildman–Crippen LogP) is 4.16. The molecular weight excluding hydrogens is 493 g/mol. The van der Waals surface area contributed by atoms with Gasteiger partial charge in [0.2, 0.25) is 11.9 Å². The molecule has 0 aliphatic carbocycles. The first-order valence-electron chi connectivity index (χ1n) is 12.0. The number of carbonyl (C=O) groups excluding carboxylic acids is 2. The largest absolute Gasteiger partial charge is 0.341 e. The van der Waals surface area contributed by atoms with E-state index in [1.807, 2.05) is 28.6 Å². The summed E-state index contributed by atoms with van der Waals surface area (Å²) in [6.45, 7) is 2.29. The number of carbonyl (C=O) groups is 2. The Bertz CT molecular complexity index is 1420. The molecule has 0 bridgehead atoms. The molecular formula is C26H26FN7O2S. The van der Waals surface area contributed by atoms with Crippen LogP contribution in [0.4, 0.5) is 9.52 Å². The summed E-state index contributed by atoms with van der Waals surface area (Å²) in [7, 11) is 0. The molecule has 9 nitrogen and oxygen atoms in total. The van der Waals surface area contributed by atoms with E-state index in [-0.39, 0.29) is 18.4 Å². The number of thiazole rings is 1. The lowest BCUT2D eigenvalue weighted by Gasteiger charge is -2.26. The lowest BCUT2D eigenvalue weighted by Crippen LogP contribution is -2.37. The number of likely N-dealkylation sites (tertiary alicyclic amines) is 1. The summed E-state index contributed by atoms with van der Waals surface area (Å²) in [6, 6.07) is 6.52. The highest BCUT2D eigenvalue weighted by Gasteiger charge is 2.17. The fourth-order valence-corrected chi connectivity index (χ4v) is 4.87. The molecule has 5 heterocycles. The van der Waals surface area contributed by atoms with E-state index in [0.717, 1.165) is 31.6 Å². The first-order valence-corrected chi connectivity index (χ1v) is 12.9. The van der Waals surface area contributed by atoms with Crippen molar-refractivity contribution in [2.45, 2.75) is 32.4 Å². The van der Waals surface area contributed by atoms with E-state index >= 15 is 0 Å². The number of anilines is 1. The molecule has 0 spiro atoms. The number of hydrogen-bond acceptors (Lipinski definition) is 6. The van der Waals surface area contributed by atoms with Gasteiger partial charge in [-0.1, -0.05) is 0 Å². The summed E-state index contributed by atoms with van der Waals surface area (Å²) in [5.74, 6) is -0.746. The van der Waals surface area contributed by atoms with Crippen LogP contribution in [0.3, 0.4) is 0 Å². The Labute approximate surface area is 217 Å². The van der Waals surface area contributed by atoms with Crippen molar-refractivity contribution in [2.75, 3.05) is 18.4 Å². The Morgan fingerprint density at radius 1 is 1.11 bits per heavy atom. The van der Waals surface area contributed by atoms with E-state index in [1.165, 1.54) is 30.0 Å². The molecule has 0 radical (unpaired) electrons. The predicted molar refractivity (Wildman–Crippen MR) is 139 cm³/mol. The van der Waals surface area contributed by atoms with Crippen molar-refractivity contribution in [3.05, 3.63) is 83.2 Å². The average Bonchev–Trinajstić information content (AvgIpc) is 3.65. The molecule has 1 saturated heterocycles. The smallest absolute Gasteiger partial charge is 0.274 e. The third kappa shape index (κ3) is 6.36. The number of nitrogens with zero attached hydrogens (tertiary/aromatic N) is 6. The maximum absolute atomic E-state index is 13.4. The summed E-state index contributed by atoms with van der Waals surface area (Å²) < 4.78 is 16.9. The van der Waals surface area contributed by atoms with Crippen LogP contribution in [-0.4, -0.2) is 53.9 Å². The molecule has 2 amide bonds. The van der Waals surface area contributed by atoms with Crippen molar-refractivity contribution in [3.8, 4) is 0 Å². The van der Waals surface area contributed by atoms with Crippen LogP contribution in [-0.2, 0) is 17.9 Å². The van der Waals surface area contributed by atoms with E-state index < -0.39 is 5.95 Å². The molecule has 0 unspecified atom stereocenters. The Morgan fingerprint density at radius 3 is 2.78 bits per heavy atom. The van der Waals surface area contributed by atoms with E-state index in [1.54, 1.807) is 39.9 Å². The molecule has 1 N–H and O–H groups in total. The summed E-state index contributed by atoms with van der Waals surface area (Å²) in [5.41, 5.74) is 2.55. The van der Waals surface area contributed by atoms with E-state index in [4.69, 9.17) is 0 Å². The lowest BCUT2D eigenvalue weighted by atomic mass is 10.1. The standard InChI is InChI=1S/C26H26FN7O2S/c27-23-13-19(8-9-28-23)14-34-12-4-5-22(34)25(36)31-26-30-21(17-37-26)7-6-20-15-32(18-29-20)16-24(35)33-10-2-1-3-11-33/h4-9,12-13,15,17-18H,1-3,10-11,14,16H2,(H,30,31,36)/b7-6+. The molecule has 4 aromatic heterocycles. The molecule has 0 saturated carbocycles. The minimum absolute atomic E-state index is 0.117. The number of piperidine rings is 1. The van der Waals surface area contributed by atoms with Gasteiger partial charge in [-0.3, -0.25) is 14.9 Å². The Hall–Kier alpha value is -4.12. The number of nitrogens with one attached hydrogen (secondary N) is 1. The topological polar surface area (TPSA) is 97.9 Å². The van der Waals surface area contributed by atoms with Crippen molar-refractivity contribution < 1.29 is 14.0 Å². The van der Waals surface area contributed by atoms with Crippen molar-refractivity contribution in [1.29, 1.82) is 0 Å². The minimum atomic E-state index is -0.559. The van der Waals surface area contributed by atoms with Crippen LogP contribution < -0.4 is 5.32 Å². The van der Waals surface area contributed by atoms with Gasteiger partial charge in [0.15, 0.2) is 5.13 Å². The molecule has 1 aliphatic heterocycles. The third-order valence-corrected chi connectivity index (χ3v) is 6.83. The molecule has 11 heteroatoms. The van der Waals surface area contributed by atoms with Crippen LogP contribution >= 0.6 is 11.3 Å². The summed E-state index contributed by atoms with van der Waals surface area (Å²) in [4.78, 5) is 39.6. The van der Waals surface area contributed by atoms with Gasteiger partial charge in [0.05, 0.1) is 17.7 Å². The van der Waals surface area contributed by atoms with Crippen LogP contribution in [0.2, 0.25) is 0 Å². The average molecular weight is 520 g/mol. The van der Waals surface area contributed by atoms with Gasteiger partial charge < -0.3 is 14.0 Å². The van der Waals surface area contributed by atoms with Crippen molar-refractivity contribution in [1.82, 2.24) is 29.0 Å². The Kier molecular flexibility index (Phi) is 7.50. The third-order valence-electron chi connectivity index (χ3n) is 6.05. The van der Waals surface area contributed by atoms with Gasteiger partial charge in [0, 0.05) is 43.6 Å². The van der Waals surface area contributed by atoms with Gasteiger partial charge in [-0.15, -0.1) is 11.3 Å². The van der Waals surface area contributed by atoms with E-state index in [0.29, 0.717) is 28.6 Å². The fraction of sp³-hybridized carbons (Fsp3) is 0.269. The molecule has 190 valence electrons. The highest BCUT2D eigenvalue weighted by Crippen LogP contribution is 2.19. The molecule has 1 aliphatic rings. The Balaban J connectivity index is 1.17. The first kappa shape index (κ1) is 24.6. The number of amides is 2. The minimum Gasteiger partial charge on any atom is -0.341 e. The van der Waals surface area contributed by atoms with Crippen LogP contribution in [0.1, 0.15) is 46.7 Å². The Morgan fingerprint density at radius 2 is 1.95 bits per heavy atom. The van der Waals surface area contributed by atoms with Crippen molar-refractivity contribution in [3.63, 3.8) is 0 Å². The van der Waals surface area contributed by atoms with Crippen LogP contribution in [0.5, 0.6) is 0 Å². The molecule has 0 aromatic carbocycles. The van der Waals surface area contributed by atoms with Gasteiger partial charge in [0.1, 0.15) is 12.2 Å². The monoisotopic (exact) mass is 519 g/mol. The molecule has 0 atom stereocenters. The van der Waals surface area contributed by atoms with Crippen molar-refractivity contribution in [2.24, 2.45) is 0 Å². The van der Waals surface area contributed by atoms with Crippen LogP contribution in [0.15, 0.2) is 54.6 Å². The summed E-state index contributed by atoms with van der Waals surface area (Å²) in [5, 5.41) is 5.12. The molecule has 1 fully saturated rings. The summed E-state index contributed by atoms with van der Waals surface area (Å²) in [6.07, 6.45) is 13.6. The van der Waals surface area contributed by atoms with E-state index in [9.17, 15) is 14.0 Å². The molecule has 5 rings (SSSR count).